The Bertz CT molecular complexity index is 507. The Morgan fingerprint density at radius 3 is 3.06 bits per heavy atom. The molecule has 0 saturated heterocycles. The van der Waals surface area contributed by atoms with Crippen molar-refractivity contribution < 1.29 is 9.90 Å². The largest absolute Gasteiger partial charge is 0.480 e. The molecule has 2 N–H and O–H groups in total. The molecule has 3 nitrogen and oxygen atoms in total. The van der Waals surface area contributed by atoms with Crippen LogP contribution >= 0.6 is 0 Å². The normalized spacial score (nSPS) is 29.4. The van der Waals surface area contributed by atoms with Crippen LogP contribution in [0.1, 0.15) is 23.5 Å². The summed E-state index contributed by atoms with van der Waals surface area (Å²) in [7, 11) is 0. The molecular weight excluding hydrogens is 214 g/mol. The van der Waals surface area contributed by atoms with Crippen molar-refractivity contribution in [1.82, 2.24) is 0 Å². The van der Waals surface area contributed by atoms with E-state index < -0.39 is 12.0 Å². The Balaban J connectivity index is 2.09. The van der Waals surface area contributed by atoms with Crippen LogP contribution in [0.2, 0.25) is 0 Å². The second-order valence-electron chi connectivity index (χ2n) is 4.90. The van der Waals surface area contributed by atoms with E-state index >= 15 is 0 Å². The molecule has 3 rings (SSSR count). The zero-order valence-electron chi connectivity index (χ0n) is 9.68. The molecule has 3 atom stereocenters. The fourth-order valence-corrected chi connectivity index (χ4v) is 2.96. The Labute approximate surface area is 100 Å². The van der Waals surface area contributed by atoms with Gasteiger partial charge in [0.1, 0.15) is 6.04 Å². The van der Waals surface area contributed by atoms with Crippen LogP contribution in [0.4, 0.5) is 5.69 Å². The maximum Gasteiger partial charge on any atom is 0.326 e. The molecule has 88 valence electrons. The van der Waals surface area contributed by atoms with E-state index in [9.17, 15) is 9.90 Å². The highest BCUT2D eigenvalue weighted by Gasteiger charge is 2.40. The second-order valence-corrected chi connectivity index (χ2v) is 4.90. The Hall–Kier alpha value is -1.77. The van der Waals surface area contributed by atoms with Crippen LogP contribution in [0, 0.1) is 12.8 Å². The number of carboxylic acid groups (broad SMARTS) is 1. The van der Waals surface area contributed by atoms with Crippen LogP contribution in [0.15, 0.2) is 30.4 Å². The average Bonchev–Trinajstić information content (AvgIpc) is 2.76. The molecule has 0 bridgehead atoms. The van der Waals surface area contributed by atoms with Gasteiger partial charge < -0.3 is 10.4 Å². The first-order valence-corrected chi connectivity index (χ1v) is 5.93. The van der Waals surface area contributed by atoms with Gasteiger partial charge in [-0.2, -0.15) is 0 Å². The van der Waals surface area contributed by atoms with Gasteiger partial charge in [-0.15, -0.1) is 0 Å². The van der Waals surface area contributed by atoms with Crippen LogP contribution in [-0.2, 0) is 4.79 Å². The van der Waals surface area contributed by atoms with E-state index in [2.05, 4.69) is 30.5 Å². The van der Waals surface area contributed by atoms with Crippen molar-refractivity contribution in [2.24, 2.45) is 5.92 Å². The predicted octanol–water partition coefficient (Wildman–Crippen LogP) is 2.53. The topological polar surface area (TPSA) is 49.3 Å². The summed E-state index contributed by atoms with van der Waals surface area (Å²) in [6.45, 7) is 2.07. The molecular formula is C14H15NO2. The van der Waals surface area contributed by atoms with Gasteiger partial charge in [-0.1, -0.05) is 29.8 Å². The van der Waals surface area contributed by atoms with Gasteiger partial charge in [-0.25, -0.2) is 4.79 Å². The number of hydrogen-bond donors (Lipinski definition) is 2. The lowest BCUT2D eigenvalue weighted by Crippen LogP contribution is -2.41. The van der Waals surface area contributed by atoms with E-state index in [1.807, 2.05) is 12.1 Å². The maximum absolute atomic E-state index is 11.3. The Morgan fingerprint density at radius 1 is 1.47 bits per heavy atom. The third-order valence-electron chi connectivity index (χ3n) is 3.78. The number of carbonyl (C=O) groups is 1. The minimum Gasteiger partial charge on any atom is -0.480 e. The molecule has 0 spiro atoms. The summed E-state index contributed by atoms with van der Waals surface area (Å²) in [5.74, 6) is -0.344. The summed E-state index contributed by atoms with van der Waals surface area (Å²) < 4.78 is 0. The number of aryl methyl sites for hydroxylation is 1. The van der Waals surface area contributed by atoms with Crippen LogP contribution in [0.25, 0.3) is 0 Å². The van der Waals surface area contributed by atoms with Gasteiger partial charge in [0.2, 0.25) is 0 Å². The maximum atomic E-state index is 11.3. The average molecular weight is 229 g/mol. The van der Waals surface area contributed by atoms with E-state index in [0.717, 1.165) is 12.1 Å². The van der Waals surface area contributed by atoms with Crippen LogP contribution in [-0.4, -0.2) is 17.1 Å². The first-order valence-electron chi connectivity index (χ1n) is 5.93. The van der Waals surface area contributed by atoms with Gasteiger partial charge in [-0.05, 0) is 25.0 Å². The Kier molecular flexibility index (Phi) is 2.21. The number of anilines is 1. The molecule has 0 aromatic heterocycles. The lowest BCUT2D eigenvalue weighted by Gasteiger charge is -2.34. The lowest BCUT2D eigenvalue weighted by molar-refractivity contribution is -0.139. The molecule has 2 aliphatic rings. The molecule has 3 heteroatoms. The fraction of sp³-hybridized carbons (Fsp3) is 0.357. The van der Waals surface area contributed by atoms with Crippen molar-refractivity contribution in [2.45, 2.75) is 25.3 Å². The molecule has 0 fully saturated rings. The zero-order valence-corrected chi connectivity index (χ0v) is 9.68. The van der Waals surface area contributed by atoms with Crippen molar-refractivity contribution >= 4 is 11.7 Å². The van der Waals surface area contributed by atoms with Gasteiger partial charge >= 0.3 is 5.97 Å². The molecule has 1 aliphatic carbocycles. The minimum absolute atomic E-state index is 0.154. The van der Waals surface area contributed by atoms with Crippen LogP contribution < -0.4 is 5.32 Å². The molecule has 1 aromatic rings. The molecule has 0 radical (unpaired) electrons. The Morgan fingerprint density at radius 2 is 2.29 bits per heavy atom. The lowest BCUT2D eigenvalue weighted by atomic mass is 9.79. The molecule has 1 aliphatic heterocycles. The number of allylic oxidation sites excluding steroid dienone is 2. The van der Waals surface area contributed by atoms with Crippen LogP contribution in [0.5, 0.6) is 0 Å². The number of carboxylic acids is 1. The zero-order chi connectivity index (χ0) is 12.0. The van der Waals surface area contributed by atoms with E-state index in [4.69, 9.17) is 0 Å². The van der Waals surface area contributed by atoms with Gasteiger partial charge in [0, 0.05) is 17.5 Å². The third-order valence-corrected chi connectivity index (χ3v) is 3.78. The standard InChI is InChI=1S/C14H15NO2/c1-8-5-6-12-11(7-8)9-3-2-4-10(9)13(15-12)14(16)17/h2-3,5-7,9-10,13,15H,4H2,1H3,(H,16,17)/t9-,10-,13-/m0/s1. The fourth-order valence-electron chi connectivity index (χ4n) is 2.96. The third kappa shape index (κ3) is 1.54. The molecule has 17 heavy (non-hydrogen) atoms. The van der Waals surface area contributed by atoms with Crippen molar-refractivity contribution in [3.8, 4) is 0 Å². The van der Waals surface area contributed by atoms with Crippen molar-refractivity contribution in [3.05, 3.63) is 41.5 Å². The smallest absolute Gasteiger partial charge is 0.326 e. The summed E-state index contributed by atoms with van der Waals surface area (Å²) in [5, 5.41) is 12.4. The van der Waals surface area contributed by atoms with Gasteiger partial charge in [0.25, 0.3) is 0 Å². The van der Waals surface area contributed by atoms with Gasteiger partial charge in [0.15, 0.2) is 0 Å². The molecule has 0 unspecified atom stereocenters. The highest BCUT2D eigenvalue weighted by Crippen LogP contribution is 2.44. The van der Waals surface area contributed by atoms with E-state index in [1.54, 1.807) is 0 Å². The van der Waals surface area contributed by atoms with Crippen molar-refractivity contribution in [2.75, 3.05) is 5.32 Å². The van der Waals surface area contributed by atoms with E-state index in [1.165, 1.54) is 11.1 Å². The van der Waals surface area contributed by atoms with E-state index in [-0.39, 0.29) is 11.8 Å². The van der Waals surface area contributed by atoms with Crippen molar-refractivity contribution in [3.63, 3.8) is 0 Å². The molecule has 0 amide bonds. The monoisotopic (exact) mass is 229 g/mol. The summed E-state index contributed by atoms with van der Waals surface area (Å²) in [5.41, 5.74) is 3.43. The molecule has 1 heterocycles. The number of fused-ring (bicyclic) bond motifs is 3. The SMILES string of the molecule is Cc1ccc2c(c1)[C@H]1C=CC[C@@H]1[C@@H](C(=O)O)N2. The predicted molar refractivity (Wildman–Crippen MR) is 66.2 cm³/mol. The van der Waals surface area contributed by atoms with Gasteiger partial charge in [0.05, 0.1) is 0 Å². The highest BCUT2D eigenvalue weighted by molar-refractivity contribution is 5.80. The van der Waals surface area contributed by atoms with Crippen molar-refractivity contribution in [1.29, 1.82) is 0 Å². The number of rotatable bonds is 1. The first-order chi connectivity index (χ1) is 8.16. The second kappa shape index (κ2) is 3.62. The van der Waals surface area contributed by atoms with E-state index in [0.29, 0.717) is 0 Å². The highest BCUT2D eigenvalue weighted by atomic mass is 16.4. The van der Waals surface area contributed by atoms with Gasteiger partial charge in [-0.3, -0.25) is 0 Å². The number of benzene rings is 1. The number of hydrogen-bond acceptors (Lipinski definition) is 2. The summed E-state index contributed by atoms with van der Waals surface area (Å²) in [6, 6.07) is 5.70. The molecule has 1 aromatic carbocycles. The minimum atomic E-state index is -0.755. The van der Waals surface area contributed by atoms with Crippen LogP contribution in [0.3, 0.4) is 0 Å². The summed E-state index contributed by atoms with van der Waals surface area (Å²) >= 11 is 0. The number of aliphatic carboxylic acids is 1. The number of nitrogens with one attached hydrogen (secondary N) is 1. The first kappa shape index (κ1) is 10.4. The summed E-state index contributed by atoms with van der Waals surface area (Å²) in [6.07, 6.45) is 5.10. The molecule has 0 saturated carbocycles. The summed E-state index contributed by atoms with van der Waals surface area (Å²) in [4.78, 5) is 11.3. The quantitative estimate of drug-likeness (QED) is 0.727.